The van der Waals surface area contributed by atoms with Gasteiger partial charge in [0.25, 0.3) is 11.6 Å². The monoisotopic (exact) mass is 373 g/mol. The van der Waals surface area contributed by atoms with Crippen LogP contribution in [-0.2, 0) is 4.79 Å². The fourth-order valence-electron chi connectivity index (χ4n) is 2.21. The van der Waals surface area contributed by atoms with Gasteiger partial charge in [-0.1, -0.05) is 29.8 Å². The number of aryl methyl sites for hydroxylation is 1. The molecule has 1 N–H and O–H groups in total. The Labute approximate surface area is 152 Å². The Balaban J connectivity index is 1.87. The van der Waals surface area contributed by atoms with Gasteiger partial charge in [0.05, 0.1) is 15.5 Å². The highest BCUT2D eigenvalue weighted by molar-refractivity contribution is 8.18. The summed E-state index contributed by atoms with van der Waals surface area (Å²) in [7, 11) is 0. The number of rotatable bonds is 3. The van der Waals surface area contributed by atoms with Gasteiger partial charge < -0.3 is 5.32 Å². The average molecular weight is 374 g/mol. The molecule has 25 heavy (non-hydrogen) atoms. The van der Waals surface area contributed by atoms with Crippen molar-refractivity contribution in [3.8, 4) is 0 Å². The normalized spacial score (nSPS) is 17.1. The van der Waals surface area contributed by atoms with E-state index in [4.69, 9.17) is 11.6 Å². The Morgan fingerprint density at radius 1 is 1.28 bits per heavy atom. The zero-order valence-electron chi connectivity index (χ0n) is 13.0. The van der Waals surface area contributed by atoms with Gasteiger partial charge in [0.15, 0.2) is 5.17 Å². The van der Waals surface area contributed by atoms with Crippen LogP contribution >= 0.6 is 23.4 Å². The quantitative estimate of drug-likeness (QED) is 0.489. The summed E-state index contributed by atoms with van der Waals surface area (Å²) in [5.41, 5.74) is 2.13. The van der Waals surface area contributed by atoms with Gasteiger partial charge in [-0.15, -0.1) is 0 Å². The number of aliphatic imine (C=N–C) groups is 1. The number of nitro benzene ring substituents is 1. The molecule has 1 heterocycles. The van der Waals surface area contributed by atoms with Crippen LogP contribution < -0.4 is 5.32 Å². The maximum Gasteiger partial charge on any atom is 0.288 e. The van der Waals surface area contributed by atoms with Crippen LogP contribution in [0.25, 0.3) is 6.08 Å². The fraction of sp³-hybridized carbons (Fsp3) is 0.0588. The van der Waals surface area contributed by atoms with Gasteiger partial charge in [0.2, 0.25) is 0 Å². The molecule has 0 bridgehead atoms. The van der Waals surface area contributed by atoms with Gasteiger partial charge in [-0.3, -0.25) is 14.9 Å². The van der Waals surface area contributed by atoms with E-state index in [1.165, 1.54) is 23.9 Å². The van der Waals surface area contributed by atoms with Gasteiger partial charge >= 0.3 is 0 Å². The molecule has 126 valence electrons. The van der Waals surface area contributed by atoms with Gasteiger partial charge in [0, 0.05) is 6.07 Å². The first kappa shape index (κ1) is 17.2. The lowest BCUT2D eigenvalue weighted by atomic mass is 10.2. The number of amidine groups is 1. The minimum Gasteiger partial charge on any atom is -0.300 e. The van der Waals surface area contributed by atoms with Crippen LogP contribution in [0.3, 0.4) is 0 Å². The summed E-state index contributed by atoms with van der Waals surface area (Å²) in [6.45, 7) is 1.96. The smallest absolute Gasteiger partial charge is 0.288 e. The summed E-state index contributed by atoms with van der Waals surface area (Å²) in [5, 5.41) is 14.2. The zero-order chi connectivity index (χ0) is 18.0. The summed E-state index contributed by atoms with van der Waals surface area (Å²) < 4.78 is 0. The molecule has 1 amide bonds. The number of halogens is 1. The first-order valence-corrected chi connectivity index (χ1v) is 8.42. The Morgan fingerprint density at radius 3 is 2.80 bits per heavy atom. The molecule has 2 aromatic rings. The maximum atomic E-state index is 12.1. The molecule has 1 fully saturated rings. The number of amides is 1. The van der Waals surface area contributed by atoms with E-state index in [2.05, 4.69) is 10.3 Å². The second-order valence-corrected chi connectivity index (χ2v) is 6.73. The lowest BCUT2D eigenvalue weighted by Crippen LogP contribution is -2.19. The van der Waals surface area contributed by atoms with Gasteiger partial charge in [-0.05, 0) is 54.1 Å². The van der Waals surface area contributed by atoms with Crippen LogP contribution in [0.1, 0.15) is 11.1 Å². The standard InChI is InChI=1S/C17H12ClN3O3S/c1-10-3-2-4-12(7-10)19-17-20-16(22)15(25-17)9-11-5-6-13(18)14(8-11)21(23)24/h2-9H,1H3,(H,19,20,22)/b15-9+. The largest absolute Gasteiger partial charge is 0.300 e. The number of nitro groups is 1. The molecule has 6 nitrogen and oxygen atoms in total. The molecule has 1 saturated heterocycles. The molecule has 0 radical (unpaired) electrons. The summed E-state index contributed by atoms with van der Waals surface area (Å²) in [4.78, 5) is 27.3. The van der Waals surface area contributed by atoms with E-state index in [1.54, 1.807) is 12.1 Å². The van der Waals surface area contributed by atoms with E-state index in [0.29, 0.717) is 15.6 Å². The first-order chi connectivity index (χ1) is 11.9. The number of hydrogen-bond donors (Lipinski definition) is 1. The Kier molecular flexibility index (Phi) is 4.87. The molecule has 0 aliphatic carbocycles. The lowest BCUT2D eigenvalue weighted by molar-refractivity contribution is -0.384. The van der Waals surface area contributed by atoms with Crippen molar-refractivity contribution in [1.29, 1.82) is 0 Å². The van der Waals surface area contributed by atoms with E-state index >= 15 is 0 Å². The number of thioether (sulfide) groups is 1. The Morgan fingerprint density at radius 2 is 2.08 bits per heavy atom. The molecule has 2 aromatic carbocycles. The third-order valence-corrected chi connectivity index (χ3v) is 4.58. The summed E-state index contributed by atoms with van der Waals surface area (Å²) >= 11 is 6.98. The van der Waals surface area contributed by atoms with E-state index in [-0.39, 0.29) is 16.6 Å². The van der Waals surface area contributed by atoms with Crippen molar-refractivity contribution in [2.24, 2.45) is 4.99 Å². The van der Waals surface area contributed by atoms with Crippen LogP contribution in [0.15, 0.2) is 52.4 Å². The first-order valence-electron chi connectivity index (χ1n) is 7.22. The Hall–Kier alpha value is -2.64. The van der Waals surface area contributed by atoms with E-state index in [9.17, 15) is 14.9 Å². The minimum absolute atomic E-state index is 0.0531. The van der Waals surface area contributed by atoms with E-state index < -0.39 is 4.92 Å². The summed E-state index contributed by atoms with van der Waals surface area (Å²) in [6, 6.07) is 12.0. The maximum absolute atomic E-state index is 12.1. The highest BCUT2D eigenvalue weighted by Crippen LogP contribution is 2.31. The van der Waals surface area contributed by atoms with Crippen molar-refractivity contribution in [2.75, 3.05) is 0 Å². The number of nitrogens with one attached hydrogen (secondary N) is 1. The third-order valence-electron chi connectivity index (χ3n) is 3.35. The second-order valence-electron chi connectivity index (χ2n) is 5.29. The Bertz CT molecular complexity index is 940. The van der Waals surface area contributed by atoms with E-state index in [0.717, 1.165) is 11.3 Å². The molecule has 0 aromatic heterocycles. The van der Waals surface area contributed by atoms with Crippen LogP contribution in [-0.4, -0.2) is 16.0 Å². The zero-order valence-corrected chi connectivity index (χ0v) is 14.6. The van der Waals surface area contributed by atoms with Crippen LogP contribution in [0.5, 0.6) is 0 Å². The highest BCUT2D eigenvalue weighted by atomic mass is 35.5. The second kappa shape index (κ2) is 7.08. The number of hydrogen-bond acceptors (Lipinski definition) is 5. The van der Waals surface area contributed by atoms with Crippen molar-refractivity contribution < 1.29 is 9.72 Å². The van der Waals surface area contributed by atoms with Crippen LogP contribution in [0.4, 0.5) is 11.4 Å². The molecule has 0 atom stereocenters. The van der Waals surface area contributed by atoms with Crippen LogP contribution in [0.2, 0.25) is 5.02 Å². The number of carbonyl (C=O) groups is 1. The lowest BCUT2D eigenvalue weighted by Gasteiger charge is -1.98. The average Bonchev–Trinajstić information content (AvgIpc) is 2.88. The number of carbonyl (C=O) groups excluding carboxylic acids is 1. The van der Waals surface area contributed by atoms with Gasteiger partial charge in [0.1, 0.15) is 5.02 Å². The third kappa shape index (κ3) is 4.07. The highest BCUT2D eigenvalue weighted by Gasteiger charge is 2.24. The molecule has 0 spiro atoms. The van der Waals surface area contributed by atoms with Crippen molar-refractivity contribution in [3.05, 3.63) is 73.6 Å². The molecule has 0 unspecified atom stereocenters. The molecule has 3 rings (SSSR count). The molecule has 1 aliphatic heterocycles. The minimum atomic E-state index is -0.559. The van der Waals surface area contributed by atoms with Crippen molar-refractivity contribution in [3.63, 3.8) is 0 Å². The molecule has 8 heteroatoms. The van der Waals surface area contributed by atoms with Crippen LogP contribution in [0, 0.1) is 17.0 Å². The van der Waals surface area contributed by atoms with Gasteiger partial charge in [-0.25, -0.2) is 4.99 Å². The predicted molar refractivity (Wildman–Crippen MR) is 100 cm³/mol. The fourth-order valence-corrected chi connectivity index (χ4v) is 3.23. The number of benzene rings is 2. The van der Waals surface area contributed by atoms with Gasteiger partial charge in [-0.2, -0.15) is 0 Å². The predicted octanol–water partition coefficient (Wildman–Crippen LogP) is 4.45. The molecular formula is C17H12ClN3O3S. The summed E-state index contributed by atoms with van der Waals surface area (Å²) in [6.07, 6.45) is 1.57. The topological polar surface area (TPSA) is 84.6 Å². The van der Waals surface area contributed by atoms with Crippen molar-refractivity contribution in [1.82, 2.24) is 5.32 Å². The number of nitrogens with zero attached hydrogens (tertiary/aromatic N) is 2. The molecule has 0 saturated carbocycles. The van der Waals surface area contributed by atoms with Crippen molar-refractivity contribution in [2.45, 2.75) is 6.92 Å². The molecule has 1 aliphatic rings. The summed E-state index contributed by atoms with van der Waals surface area (Å²) in [5.74, 6) is -0.297. The van der Waals surface area contributed by atoms with E-state index in [1.807, 2.05) is 31.2 Å². The van der Waals surface area contributed by atoms with Crippen molar-refractivity contribution >= 4 is 51.9 Å². The SMILES string of the molecule is Cc1cccc(N=C2NC(=O)/C(=C\c3ccc(Cl)c([N+](=O)[O-])c3)S2)c1. The molecular weight excluding hydrogens is 362 g/mol.